The normalized spacial score (nSPS) is 11.9. The van der Waals surface area contributed by atoms with Gasteiger partial charge in [0.1, 0.15) is 16.3 Å². The minimum atomic E-state index is -4.60. The van der Waals surface area contributed by atoms with Crippen molar-refractivity contribution in [2.45, 2.75) is 11.8 Å². The lowest BCUT2D eigenvalue weighted by Gasteiger charge is -2.08. The zero-order chi connectivity index (χ0) is 19.8. The molecule has 0 atom stereocenters. The molecule has 0 bridgehead atoms. The first-order valence-electron chi connectivity index (χ1n) is 7.57. The second kappa shape index (κ2) is 6.74. The summed E-state index contributed by atoms with van der Waals surface area (Å²) in [7, 11) is -4.60. The number of fused-ring (bicyclic) bond motifs is 1. The summed E-state index contributed by atoms with van der Waals surface area (Å²) in [6, 6.07) is 11.2. The van der Waals surface area contributed by atoms with Crippen LogP contribution in [0.25, 0.3) is 10.8 Å². The number of benzene rings is 3. The van der Waals surface area contributed by atoms with E-state index in [1.54, 1.807) is 19.1 Å². The van der Waals surface area contributed by atoms with Gasteiger partial charge in [0.25, 0.3) is 15.8 Å². The van der Waals surface area contributed by atoms with E-state index < -0.39 is 25.7 Å². The van der Waals surface area contributed by atoms with Crippen LogP contribution < -0.4 is 0 Å². The van der Waals surface area contributed by atoms with Crippen molar-refractivity contribution in [3.8, 4) is 5.75 Å². The van der Waals surface area contributed by atoms with Crippen LogP contribution in [-0.2, 0) is 10.1 Å². The Morgan fingerprint density at radius 3 is 2.48 bits per heavy atom. The first-order chi connectivity index (χ1) is 12.7. The number of nitrogens with zero attached hydrogens (tertiary/aromatic N) is 3. The maximum Gasteiger partial charge on any atom is 0.296 e. The van der Waals surface area contributed by atoms with E-state index >= 15 is 0 Å². The van der Waals surface area contributed by atoms with Crippen molar-refractivity contribution in [3.05, 3.63) is 64.2 Å². The third-order valence-corrected chi connectivity index (χ3v) is 4.72. The number of nitro groups is 1. The van der Waals surface area contributed by atoms with Crippen LogP contribution in [-0.4, -0.2) is 23.0 Å². The Hall–Kier alpha value is -3.37. The summed E-state index contributed by atoms with van der Waals surface area (Å²) in [6.07, 6.45) is 0. The minimum Gasteiger partial charge on any atom is -0.506 e. The molecule has 3 rings (SSSR count). The van der Waals surface area contributed by atoms with Crippen molar-refractivity contribution in [1.29, 1.82) is 0 Å². The van der Waals surface area contributed by atoms with Crippen molar-refractivity contribution in [1.82, 2.24) is 0 Å². The molecule has 0 saturated carbocycles. The first-order valence-corrected chi connectivity index (χ1v) is 9.01. The number of hydrogen-bond acceptors (Lipinski definition) is 7. The van der Waals surface area contributed by atoms with E-state index in [2.05, 4.69) is 10.2 Å². The van der Waals surface area contributed by atoms with Gasteiger partial charge in [0.15, 0.2) is 5.69 Å². The molecule has 0 aliphatic heterocycles. The summed E-state index contributed by atoms with van der Waals surface area (Å²) >= 11 is 0. The van der Waals surface area contributed by atoms with Gasteiger partial charge in [-0.2, -0.15) is 8.42 Å². The molecule has 0 fully saturated rings. The fourth-order valence-electron chi connectivity index (χ4n) is 2.60. The maximum absolute atomic E-state index is 11.7. The second-order valence-corrected chi connectivity index (χ2v) is 7.10. The Bertz CT molecular complexity index is 1200. The highest BCUT2D eigenvalue weighted by molar-refractivity contribution is 7.86. The quantitative estimate of drug-likeness (QED) is 0.293. The van der Waals surface area contributed by atoms with Crippen molar-refractivity contribution in [2.75, 3.05) is 0 Å². The monoisotopic (exact) mass is 387 g/mol. The summed E-state index contributed by atoms with van der Waals surface area (Å²) in [4.78, 5) is 10.1. The summed E-state index contributed by atoms with van der Waals surface area (Å²) < 4.78 is 32.8. The van der Waals surface area contributed by atoms with Gasteiger partial charge in [0.05, 0.1) is 4.92 Å². The molecule has 0 unspecified atom stereocenters. The number of rotatable bonds is 4. The minimum absolute atomic E-state index is 0.0430. The Kier molecular flexibility index (Phi) is 4.60. The van der Waals surface area contributed by atoms with Gasteiger partial charge in [-0.3, -0.25) is 14.7 Å². The van der Waals surface area contributed by atoms with E-state index in [1.807, 2.05) is 0 Å². The van der Waals surface area contributed by atoms with E-state index in [9.17, 15) is 28.2 Å². The van der Waals surface area contributed by atoms with Crippen molar-refractivity contribution in [2.24, 2.45) is 10.2 Å². The molecule has 0 heterocycles. The van der Waals surface area contributed by atoms with Crippen LogP contribution in [0.5, 0.6) is 5.75 Å². The maximum atomic E-state index is 11.7. The van der Waals surface area contributed by atoms with Crippen LogP contribution in [0.2, 0.25) is 0 Å². The summed E-state index contributed by atoms with van der Waals surface area (Å²) in [6.45, 7) is 1.68. The Balaban J connectivity index is 2.26. The van der Waals surface area contributed by atoms with Gasteiger partial charge in [-0.05, 0) is 36.1 Å². The van der Waals surface area contributed by atoms with E-state index in [0.29, 0.717) is 10.9 Å². The van der Waals surface area contributed by atoms with Gasteiger partial charge in [0.2, 0.25) is 0 Å². The zero-order valence-electron chi connectivity index (χ0n) is 13.9. The number of aromatic hydroxyl groups is 1. The fourth-order valence-corrected chi connectivity index (χ4v) is 3.32. The molecule has 138 valence electrons. The third-order valence-electron chi connectivity index (χ3n) is 3.82. The van der Waals surface area contributed by atoms with Crippen LogP contribution in [0.4, 0.5) is 17.1 Å². The fraction of sp³-hybridized carbons (Fsp3) is 0.0588. The van der Waals surface area contributed by atoms with E-state index in [0.717, 1.165) is 6.07 Å². The zero-order valence-corrected chi connectivity index (χ0v) is 14.7. The van der Waals surface area contributed by atoms with Crippen molar-refractivity contribution in [3.63, 3.8) is 0 Å². The predicted molar refractivity (Wildman–Crippen MR) is 97.4 cm³/mol. The van der Waals surface area contributed by atoms with Crippen molar-refractivity contribution < 1.29 is 23.0 Å². The molecular formula is C17H13N3O6S. The molecule has 0 radical (unpaired) electrons. The number of phenols is 1. The molecule has 9 nitrogen and oxygen atoms in total. The summed E-state index contributed by atoms with van der Waals surface area (Å²) in [5.74, 6) is -0.392. The highest BCUT2D eigenvalue weighted by Gasteiger charge is 2.19. The van der Waals surface area contributed by atoms with E-state index in [4.69, 9.17) is 0 Å². The third kappa shape index (κ3) is 3.61. The Morgan fingerprint density at radius 2 is 1.81 bits per heavy atom. The number of aryl methyl sites for hydroxylation is 1. The van der Waals surface area contributed by atoms with E-state index in [1.165, 1.54) is 30.3 Å². The SMILES string of the molecule is Cc1ccc(N=Nc2c(O)ccc3cccc(S(=O)(=O)O)c23)c([N+](=O)[O-])c1. The average molecular weight is 387 g/mol. The lowest BCUT2D eigenvalue weighted by molar-refractivity contribution is -0.384. The average Bonchev–Trinajstić information content (AvgIpc) is 2.60. The molecule has 3 aromatic rings. The van der Waals surface area contributed by atoms with Crippen LogP contribution in [0.3, 0.4) is 0 Å². The standard InChI is InChI=1S/C17H13N3O6S/c1-10-5-7-12(13(9-10)20(22)23)18-19-17-14(21)8-6-11-3-2-4-15(16(11)17)27(24,25)26/h2-9,21H,1H3,(H,24,25,26). The molecule has 0 aliphatic rings. The molecule has 0 aromatic heterocycles. The first kappa shape index (κ1) is 18.4. The summed E-state index contributed by atoms with van der Waals surface area (Å²) in [5, 5.41) is 29.3. The van der Waals surface area contributed by atoms with Crippen LogP contribution in [0.15, 0.2) is 63.7 Å². The molecular weight excluding hydrogens is 374 g/mol. The van der Waals surface area contributed by atoms with Crippen LogP contribution in [0.1, 0.15) is 5.56 Å². The smallest absolute Gasteiger partial charge is 0.296 e. The van der Waals surface area contributed by atoms with Gasteiger partial charge in [-0.25, -0.2) is 0 Å². The lowest BCUT2D eigenvalue weighted by atomic mass is 10.1. The second-order valence-electron chi connectivity index (χ2n) is 5.71. The molecule has 2 N–H and O–H groups in total. The number of azo groups is 1. The summed E-state index contributed by atoms with van der Waals surface area (Å²) in [5.41, 5.74) is 0.0812. The van der Waals surface area contributed by atoms with Gasteiger partial charge in [-0.15, -0.1) is 10.2 Å². The number of hydrogen-bond donors (Lipinski definition) is 2. The van der Waals surface area contributed by atoms with Crippen molar-refractivity contribution >= 4 is 38.0 Å². The highest BCUT2D eigenvalue weighted by Crippen LogP contribution is 2.40. The molecule has 10 heteroatoms. The topological polar surface area (TPSA) is 142 Å². The van der Waals surface area contributed by atoms with Gasteiger partial charge >= 0.3 is 0 Å². The molecule has 0 saturated heterocycles. The predicted octanol–water partition coefficient (Wildman–Crippen LogP) is 4.42. The Labute approximate surface area is 153 Å². The molecule has 3 aromatic carbocycles. The van der Waals surface area contributed by atoms with Gasteiger partial charge in [0, 0.05) is 11.5 Å². The van der Waals surface area contributed by atoms with Gasteiger partial charge < -0.3 is 5.11 Å². The van der Waals surface area contributed by atoms with Crippen LogP contribution in [0, 0.1) is 17.0 Å². The molecule has 0 aliphatic carbocycles. The molecule has 0 amide bonds. The Morgan fingerprint density at radius 1 is 1.07 bits per heavy atom. The highest BCUT2D eigenvalue weighted by atomic mass is 32.2. The van der Waals surface area contributed by atoms with Gasteiger partial charge in [-0.1, -0.05) is 24.3 Å². The van der Waals surface area contributed by atoms with E-state index in [-0.39, 0.29) is 22.4 Å². The molecule has 0 spiro atoms. The molecule has 27 heavy (non-hydrogen) atoms. The number of nitro benzene ring substituents is 1. The van der Waals surface area contributed by atoms with Crippen LogP contribution >= 0.6 is 0 Å². The number of phenolic OH excluding ortho intramolecular Hbond substituents is 1. The largest absolute Gasteiger partial charge is 0.506 e. The lowest BCUT2D eigenvalue weighted by Crippen LogP contribution is -1.99.